The van der Waals surface area contributed by atoms with Gasteiger partial charge in [-0.25, -0.2) is 0 Å². The molecule has 2 rings (SSSR count). The summed E-state index contributed by atoms with van der Waals surface area (Å²) in [7, 11) is -1.11. The molecule has 1 aliphatic rings. The van der Waals surface area contributed by atoms with E-state index in [-0.39, 0.29) is 18.0 Å². The Balaban J connectivity index is 2.33. The smallest absolute Gasteiger partial charge is 0.526 e. The zero-order valence-electron chi connectivity index (χ0n) is 9.80. The van der Waals surface area contributed by atoms with Gasteiger partial charge in [-0.15, -0.1) is 0 Å². The topological polar surface area (TPSA) is 92.8 Å². The fraction of sp³-hybridized carbons (Fsp3) is 0.250. The van der Waals surface area contributed by atoms with Gasteiger partial charge in [0.1, 0.15) is 11.5 Å². The molecule has 0 spiro atoms. The van der Waals surface area contributed by atoms with E-state index in [0.717, 1.165) is 5.56 Å². The Labute approximate surface area is 105 Å². The van der Waals surface area contributed by atoms with Gasteiger partial charge >= 0.3 is 7.12 Å². The van der Waals surface area contributed by atoms with Crippen molar-refractivity contribution in [3.63, 3.8) is 0 Å². The van der Waals surface area contributed by atoms with Crippen molar-refractivity contribution in [2.45, 2.75) is 18.7 Å². The van der Waals surface area contributed by atoms with E-state index in [1.54, 1.807) is 12.1 Å². The Bertz CT molecular complexity index is 503. The maximum Gasteiger partial charge on any atom is 0.526 e. The van der Waals surface area contributed by atoms with E-state index in [0.29, 0.717) is 17.7 Å². The van der Waals surface area contributed by atoms with Crippen LogP contribution in [0.4, 0.5) is 0 Å². The fourth-order valence-electron chi connectivity index (χ4n) is 2.14. The average molecular weight is 247 g/mol. The number of hydrogen-bond acceptors (Lipinski definition) is 4. The first kappa shape index (κ1) is 12.5. The van der Waals surface area contributed by atoms with Crippen LogP contribution in [0.2, 0.25) is 5.82 Å². The van der Waals surface area contributed by atoms with E-state index in [1.807, 2.05) is 6.07 Å². The number of aliphatic hydroxyl groups excluding tert-OH is 1. The van der Waals surface area contributed by atoms with Gasteiger partial charge in [0, 0.05) is 12.2 Å². The van der Waals surface area contributed by atoms with Crippen LogP contribution < -0.4 is 10.4 Å². The van der Waals surface area contributed by atoms with Crippen molar-refractivity contribution in [1.82, 2.24) is 0 Å². The van der Waals surface area contributed by atoms with Crippen LogP contribution in [0.15, 0.2) is 24.8 Å². The molecule has 0 aliphatic carbocycles. The first-order chi connectivity index (χ1) is 8.49. The summed E-state index contributed by atoms with van der Waals surface area (Å²) in [4.78, 5) is 10.9. The van der Waals surface area contributed by atoms with Crippen molar-refractivity contribution in [2.24, 2.45) is 5.73 Å². The van der Waals surface area contributed by atoms with E-state index in [4.69, 9.17) is 10.4 Å². The van der Waals surface area contributed by atoms with Crippen LogP contribution in [-0.2, 0) is 11.2 Å². The van der Waals surface area contributed by atoms with E-state index < -0.39 is 13.0 Å². The molecule has 1 aliphatic heterocycles. The van der Waals surface area contributed by atoms with E-state index in [9.17, 15) is 14.9 Å². The number of rotatable bonds is 3. The van der Waals surface area contributed by atoms with Gasteiger partial charge in [-0.3, -0.25) is 4.79 Å². The van der Waals surface area contributed by atoms with Gasteiger partial charge in [0.15, 0.2) is 0 Å². The minimum absolute atomic E-state index is 0.0604. The Hall–Kier alpha value is -1.95. The normalized spacial score (nSPS) is 17.8. The van der Waals surface area contributed by atoms with Gasteiger partial charge in [-0.1, -0.05) is 18.7 Å². The molecule has 0 saturated heterocycles. The Morgan fingerprint density at radius 1 is 1.61 bits per heavy atom. The van der Waals surface area contributed by atoms with Gasteiger partial charge in [0.05, 0.1) is 5.56 Å². The van der Waals surface area contributed by atoms with Crippen molar-refractivity contribution >= 4 is 18.8 Å². The summed E-state index contributed by atoms with van der Waals surface area (Å²) in [6, 6.07) is 5.24. The van der Waals surface area contributed by atoms with Crippen LogP contribution >= 0.6 is 0 Å². The number of nitrogens with two attached hydrogens (primary N) is 1. The summed E-state index contributed by atoms with van der Waals surface area (Å²) in [5, 5.41) is 19.3. The number of carbonyl (C=O) groups is 1. The molecule has 0 aromatic heterocycles. The van der Waals surface area contributed by atoms with Gasteiger partial charge in [-0.2, -0.15) is 0 Å². The van der Waals surface area contributed by atoms with Crippen molar-refractivity contribution in [3.05, 3.63) is 35.9 Å². The van der Waals surface area contributed by atoms with Crippen LogP contribution in [0.3, 0.4) is 0 Å². The molecule has 5 nitrogen and oxygen atoms in total. The molecular formula is C12H14BNO4. The minimum Gasteiger partial charge on any atom is -0.535 e. The molecule has 1 atom stereocenters. The second kappa shape index (κ2) is 4.74. The SMILES string of the molecule is C=C(O)c1cccc2c1OB(O)[C@@H](CC(N)=O)C2. The predicted octanol–water partition coefficient (Wildman–Crippen LogP) is 0.876. The highest BCUT2D eigenvalue weighted by Crippen LogP contribution is 2.37. The van der Waals surface area contributed by atoms with E-state index >= 15 is 0 Å². The standard InChI is InChI=1S/C12H14BNO4/c1-7(15)10-4-2-3-8-5-9(6-11(14)16)13(17)18-12(8)10/h2-4,9,15,17H,1,5-6H2,(H2,14,16)/t9-/m1/s1. The summed E-state index contributed by atoms with van der Waals surface area (Å²) in [6.07, 6.45) is 0.533. The van der Waals surface area contributed by atoms with Crippen LogP contribution in [0.25, 0.3) is 5.76 Å². The summed E-state index contributed by atoms with van der Waals surface area (Å²) >= 11 is 0. The van der Waals surface area contributed by atoms with Crippen LogP contribution in [-0.4, -0.2) is 23.2 Å². The van der Waals surface area contributed by atoms with Crippen molar-refractivity contribution < 1.29 is 19.6 Å². The Morgan fingerprint density at radius 2 is 2.33 bits per heavy atom. The molecule has 6 heteroatoms. The first-order valence-corrected chi connectivity index (χ1v) is 5.62. The molecule has 1 amide bonds. The van der Waals surface area contributed by atoms with Gasteiger partial charge in [0.25, 0.3) is 0 Å². The third-order valence-corrected chi connectivity index (χ3v) is 2.99. The highest BCUT2D eigenvalue weighted by Gasteiger charge is 2.36. The Morgan fingerprint density at radius 3 is 2.94 bits per heavy atom. The number of amides is 1. The van der Waals surface area contributed by atoms with Crippen molar-refractivity contribution in [2.75, 3.05) is 0 Å². The maximum absolute atomic E-state index is 10.9. The zero-order valence-corrected chi connectivity index (χ0v) is 9.80. The monoisotopic (exact) mass is 247 g/mol. The third-order valence-electron chi connectivity index (χ3n) is 2.99. The summed E-state index contributed by atoms with van der Waals surface area (Å²) in [5.74, 6) is -0.545. The molecule has 0 fully saturated rings. The van der Waals surface area contributed by atoms with Crippen LogP contribution in [0.1, 0.15) is 17.5 Å². The first-order valence-electron chi connectivity index (χ1n) is 5.62. The van der Waals surface area contributed by atoms with Crippen LogP contribution in [0.5, 0.6) is 5.75 Å². The summed E-state index contributed by atoms with van der Waals surface area (Å²) < 4.78 is 5.36. The molecule has 18 heavy (non-hydrogen) atoms. The minimum atomic E-state index is -1.11. The molecule has 0 unspecified atom stereocenters. The molecule has 94 valence electrons. The third kappa shape index (κ3) is 2.33. The van der Waals surface area contributed by atoms with Crippen LogP contribution in [0, 0.1) is 0 Å². The number of hydrogen-bond donors (Lipinski definition) is 3. The highest BCUT2D eigenvalue weighted by molar-refractivity contribution is 6.46. The highest BCUT2D eigenvalue weighted by atomic mass is 16.5. The second-order valence-electron chi connectivity index (χ2n) is 4.38. The predicted molar refractivity (Wildman–Crippen MR) is 68.0 cm³/mol. The number of fused-ring (bicyclic) bond motifs is 1. The molecule has 1 heterocycles. The Kier molecular flexibility index (Phi) is 3.29. The molecule has 0 saturated carbocycles. The summed E-state index contributed by atoms with van der Waals surface area (Å²) in [5.41, 5.74) is 6.39. The molecule has 1 aromatic carbocycles. The lowest BCUT2D eigenvalue weighted by Crippen LogP contribution is -2.36. The lowest BCUT2D eigenvalue weighted by Gasteiger charge is -2.28. The molecule has 0 radical (unpaired) electrons. The number of carbonyl (C=O) groups excluding carboxylic acids is 1. The number of aliphatic hydroxyl groups is 1. The van der Waals surface area contributed by atoms with E-state index in [2.05, 4.69) is 6.58 Å². The maximum atomic E-state index is 10.9. The average Bonchev–Trinajstić information content (AvgIpc) is 2.28. The summed E-state index contributed by atoms with van der Waals surface area (Å²) in [6.45, 7) is 3.45. The number of benzene rings is 1. The zero-order chi connectivity index (χ0) is 13.3. The van der Waals surface area contributed by atoms with Crippen molar-refractivity contribution in [3.8, 4) is 5.75 Å². The van der Waals surface area contributed by atoms with Gasteiger partial charge in [-0.05, 0) is 18.1 Å². The molecule has 0 bridgehead atoms. The van der Waals surface area contributed by atoms with Gasteiger partial charge < -0.3 is 20.5 Å². The second-order valence-corrected chi connectivity index (χ2v) is 4.38. The van der Waals surface area contributed by atoms with E-state index in [1.165, 1.54) is 0 Å². The lowest BCUT2D eigenvalue weighted by atomic mass is 9.65. The number of primary amides is 1. The molecule has 4 N–H and O–H groups in total. The largest absolute Gasteiger partial charge is 0.535 e. The lowest BCUT2D eigenvalue weighted by molar-refractivity contribution is -0.118. The van der Waals surface area contributed by atoms with Gasteiger partial charge in [0.2, 0.25) is 5.91 Å². The quantitative estimate of drug-likeness (QED) is 0.545. The molecule has 1 aromatic rings. The number of para-hydroxylation sites is 1. The fourth-order valence-corrected chi connectivity index (χ4v) is 2.14. The van der Waals surface area contributed by atoms with Crippen molar-refractivity contribution in [1.29, 1.82) is 0 Å². The molecular weight excluding hydrogens is 233 g/mol.